The second-order valence-corrected chi connectivity index (χ2v) is 9.06. The smallest absolute Gasteiger partial charge is 0.282 e. The van der Waals surface area contributed by atoms with Crippen LogP contribution in [0.1, 0.15) is 20.2 Å². The van der Waals surface area contributed by atoms with Gasteiger partial charge in [0, 0.05) is 79.6 Å². The van der Waals surface area contributed by atoms with Gasteiger partial charge < -0.3 is 14.4 Å². The molecule has 1 aromatic carbocycles. The van der Waals surface area contributed by atoms with E-state index < -0.39 is 6.43 Å². The standard InChI is InChI=1S/C22H23F2N5O2S/c23-19(24)14-28-5-3-15-11-16(1-2-18(15)28)21(30)29-12-17(13-29)26-6-8-27(9-7-26)22(31)20-25-4-10-32-20/h1-5,10-11,17,19H,6-9,12-14H2. The number of likely N-dealkylation sites (tertiary alicyclic amines) is 1. The Kier molecular flexibility index (Phi) is 5.64. The lowest BCUT2D eigenvalue weighted by Gasteiger charge is -2.48. The molecule has 2 aromatic heterocycles. The van der Waals surface area contributed by atoms with Crippen LogP contribution in [0.5, 0.6) is 0 Å². The monoisotopic (exact) mass is 459 g/mol. The first-order chi connectivity index (χ1) is 15.5. The molecule has 0 N–H and O–H groups in total. The van der Waals surface area contributed by atoms with Gasteiger partial charge in [-0.2, -0.15) is 0 Å². The molecular weight excluding hydrogens is 436 g/mol. The van der Waals surface area contributed by atoms with Crippen LogP contribution in [-0.2, 0) is 6.54 Å². The van der Waals surface area contributed by atoms with Crippen molar-refractivity contribution in [2.24, 2.45) is 0 Å². The van der Waals surface area contributed by atoms with Crippen molar-refractivity contribution in [2.75, 3.05) is 39.3 Å². The van der Waals surface area contributed by atoms with Crippen LogP contribution in [0.25, 0.3) is 10.9 Å². The Labute approximate surface area is 187 Å². The number of carbonyl (C=O) groups excluding carboxylic acids is 2. The van der Waals surface area contributed by atoms with E-state index in [1.54, 1.807) is 42.0 Å². The molecule has 2 aliphatic heterocycles. The number of rotatable bonds is 5. The summed E-state index contributed by atoms with van der Waals surface area (Å²) in [7, 11) is 0. The number of piperazine rings is 1. The van der Waals surface area contributed by atoms with Gasteiger partial charge in [-0.05, 0) is 24.3 Å². The molecule has 5 rings (SSSR count). The van der Waals surface area contributed by atoms with E-state index in [0.717, 1.165) is 18.5 Å². The Bertz CT molecular complexity index is 1120. The highest BCUT2D eigenvalue weighted by Crippen LogP contribution is 2.23. The van der Waals surface area contributed by atoms with Crippen LogP contribution >= 0.6 is 11.3 Å². The summed E-state index contributed by atoms with van der Waals surface area (Å²) >= 11 is 1.36. The van der Waals surface area contributed by atoms with Gasteiger partial charge in [0.1, 0.15) is 0 Å². The minimum Gasteiger partial charge on any atom is -0.342 e. The maximum Gasteiger partial charge on any atom is 0.282 e. The zero-order valence-corrected chi connectivity index (χ0v) is 18.2. The van der Waals surface area contributed by atoms with Crippen LogP contribution in [0.2, 0.25) is 0 Å². The van der Waals surface area contributed by atoms with Crippen LogP contribution < -0.4 is 0 Å². The Morgan fingerprint density at radius 2 is 1.84 bits per heavy atom. The summed E-state index contributed by atoms with van der Waals surface area (Å²) in [5.74, 6) is -0.0508. The molecule has 0 bridgehead atoms. The number of halogens is 2. The lowest BCUT2D eigenvalue weighted by atomic mass is 10.0. The molecule has 7 nitrogen and oxygen atoms in total. The molecule has 32 heavy (non-hydrogen) atoms. The number of fused-ring (bicyclic) bond motifs is 1. The summed E-state index contributed by atoms with van der Waals surface area (Å²) in [5.41, 5.74) is 1.28. The second kappa shape index (κ2) is 8.59. The molecule has 2 aliphatic rings. The Morgan fingerprint density at radius 1 is 1.06 bits per heavy atom. The van der Waals surface area contributed by atoms with Gasteiger partial charge in [0.25, 0.3) is 18.2 Å². The van der Waals surface area contributed by atoms with E-state index in [0.29, 0.717) is 48.3 Å². The van der Waals surface area contributed by atoms with Crippen molar-refractivity contribution in [1.82, 2.24) is 24.3 Å². The van der Waals surface area contributed by atoms with Crippen LogP contribution in [0.4, 0.5) is 8.78 Å². The van der Waals surface area contributed by atoms with Crippen LogP contribution in [0, 0.1) is 0 Å². The minimum absolute atomic E-state index is 0.0113. The van der Waals surface area contributed by atoms with Crippen molar-refractivity contribution in [1.29, 1.82) is 0 Å². The Morgan fingerprint density at radius 3 is 2.53 bits per heavy atom. The van der Waals surface area contributed by atoms with E-state index in [-0.39, 0.29) is 18.4 Å². The van der Waals surface area contributed by atoms with Gasteiger partial charge in [-0.1, -0.05) is 0 Å². The van der Waals surface area contributed by atoms with E-state index >= 15 is 0 Å². The lowest BCUT2D eigenvalue weighted by molar-refractivity contribution is 0.00854. The molecule has 3 aromatic rings. The largest absolute Gasteiger partial charge is 0.342 e. The van der Waals surface area contributed by atoms with Gasteiger partial charge >= 0.3 is 0 Å². The molecule has 0 aliphatic carbocycles. The number of thiazole rings is 1. The summed E-state index contributed by atoms with van der Waals surface area (Å²) in [5, 5.41) is 3.12. The van der Waals surface area contributed by atoms with E-state index in [9.17, 15) is 18.4 Å². The third kappa shape index (κ3) is 4.00. The average Bonchev–Trinajstić information content (AvgIpc) is 3.42. The topological polar surface area (TPSA) is 61.7 Å². The number of amides is 2. The number of alkyl halides is 2. The van der Waals surface area contributed by atoms with Crippen molar-refractivity contribution in [3.05, 3.63) is 52.6 Å². The zero-order valence-electron chi connectivity index (χ0n) is 17.4. The molecule has 10 heteroatoms. The first-order valence-electron chi connectivity index (χ1n) is 10.6. The van der Waals surface area contributed by atoms with Gasteiger partial charge in [0.2, 0.25) is 0 Å². The first kappa shape index (κ1) is 21.0. The quantitative estimate of drug-likeness (QED) is 0.589. The zero-order chi connectivity index (χ0) is 22.2. The molecule has 0 unspecified atom stereocenters. The highest BCUT2D eigenvalue weighted by Gasteiger charge is 2.37. The van der Waals surface area contributed by atoms with Gasteiger partial charge in [0.05, 0.1) is 6.54 Å². The van der Waals surface area contributed by atoms with Gasteiger partial charge in [0.15, 0.2) is 5.01 Å². The van der Waals surface area contributed by atoms with Crippen molar-refractivity contribution in [3.8, 4) is 0 Å². The first-order valence-corrected chi connectivity index (χ1v) is 11.5. The summed E-state index contributed by atoms with van der Waals surface area (Å²) in [6.45, 7) is 3.85. The Hall–Kier alpha value is -2.85. The molecule has 2 fully saturated rings. The van der Waals surface area contributed by atoms with E-state index in [2.05, 4.69) is 9.88 Å². The minimum atomic E-state index is -2.42. The summed E-state index contributed by atoms with van der Waals surface area (Å²) in [4.78, 5) is 35.4. The fourth-order valence-corrected chi connectivity index (χ4v) is 5.03. The third-order valence-electron chi connectivity index (χ3n) is 6.24. The predicted octanol–water partition coefficient (Wildman–Crippen LogP) is 2.65. The van der Waals surface area contributed by atoms with Crippen LogP contribution in [-0.4, -0.2) is 87.8 Å². The molecule has 2 saturated heterocycles. The second-order valence-electron chi connectivity index (χ2n) is 8.16. The molecule has 2 amide bonds. The van der Waals surface area contributed by atoms with Gasteiger partial charge in [-0.15, -0.1) is 11.3 Å². The maximum absolute atomic E-state index is 12.9. The highest BCUT2D eigenvalue weighted by molar-refractivity contribution is 7.11. The molecule has 0 radical (unpaired) electrons. The highest BCUT2D eigenvalue weighted by atomic mass is 32.1. The lowest BCUT2D eigenvalue weighted by Crippen LogP contribution is -2.64. The molecule has 0 spiro atoms. The SMILES string of the molecule is O=C(c1ccc2c(ccn2CC(F)F)c1)N1CC(N2CCN(C(=O)c3nccs3)CC2)C1. The average molecular weight is 460 g/mol. The molecule has 168 valence electrons. The van der Waals surface area contributed by atoms with E-state index in [1.807, 2.05) is 9.80 Å². The van der Waals surface area contributed by atoms with Gasteiger partial charge in [-0.3, -0.25) is 14.5 Å². The van der Waals surface area contributed by atoms with E-state index in [1.165, 1.54) is 15.9 Å². The van der Waals surface area contributed by atoms with E-state index in [4.69, 9.17) is 0 Å². The number of hydrogen-bond acceptors (Lipinski definition) is 5. The number of aromatic nitrogens is 2. The summed E-state index contributed by atoms with van der Waals surface area (Å²) < 4.78 is 26.9. The molecular formula is C22H23F2N5O2S. The maximum atomic E-state index is 12.9. The van der Waals surface area contributed by atoms with Crippen LogP contribution in [0.15, 0.2) is 42.0 Å². The molecule has 0 saturated carbocycles. The fraction of sp³-hybridized carbons (Fsp3) is 0.409. The van der Waals surface area contributed by atoms with Crippen molar-refractivity contribution in [2.45, 2.75) is 19.0 Å². The summed E-state index contributed by atoms with van der Waals surface area (Å²) in [6, 6.07) is 7.28. The number of carbonyl (C=O) groups is 2. The predicted molar refractivity (Wildman–Crippen MR) is 117 cm³/mol. The number of benzene rings is 1. The van der Waals surface area contributed by atoms with Crippen molar-refractivity contribution >= 4 is 34.1 Å². The Balaban J connectivity index is 1.15. The van der Waals surface area contributed by atoms with Crippen molar-refractivity contribution in [3.63, 3.8) is 0 Å². The van der Waals surface area contributed by atoms with Gasteiger partial charge in [-0.25, -0.2) is 13.8 Å². The normalized spacial score (nSPS) is 17.8. The van der Waals surface area contributed by atoms with Crippen LogP contribution in [0.3, 0.4) is 0 Å². The molecule has 0 atom stereocenters. The third-order valence-corrected chi connectivity index (χ3v) is 7.00. The van der Waals surface area contributed by atoms with Crippen molar-refractivity contribution < 1.29 is 18.4 Å². The number of nitrogens with zero attached hydrogens (tertiary/aromatic N) is 5. The molecule has 4 heterocycles. The number of hydrogen-bond donors (Lipinski definition) is 0. The summed E-state index contributed by atoms with van der Waals surface area (Å²) in [6.07, 6.45) is 0.853. The fourth-order valence-electron chi connectivity index (χ4n) is 4.43.